The van der Waals surface area contributed by atoms with Crippen LogP contribution >= 0.6 is 0 Å². The predicted octanol–water partition coefficient (Wildman–Crippen LogP) is 1.87. The zero-order valence-electron chi connectivity index (χ0n) is 14.4. The molecule has 8 heteroatoms. The minimum atomic E-state index is -0.103. The molecule has 0 saturated heterocycles. The van der Waals surface area contributed by atoms with Crippen molar-refractivity contribution >= 4 is 5.52 Å². The van der Waals surface area contributed by atoms with E-state index in [1.54, 1.807) is 18.0 Å². The lowest BCUT2D eigenvalue weighted by Gasteiger charge is -2.16. The fourth-order valence-electron chi connectivity index (χ4n) is 3.08. The topological polar surface area (TPSA) is 75.1 Å². The number of ether oxygens (including phenoxy) is 1. The SMILES string of the molecule is COC[C@H](c1ccnn1C)n1cc(-c2nc(C)n3ccccc23)nn1. The van der Waals surface area contributed by atoms with Crippen molar-refractivity contribution < 1.29 is 4.74 Å². The van der Waals surface area contributed by atoms with Crippen molar-refractivity contribution in [3.63, 3.8) is 0 Å². The van der Waals surface area contributed by atoms with Gasteiger partial charge in [-0.3, -0.25) is 4.68 Å². The minimum Gasteiger partial charge on any atom is -0.382 e. The van der Waals surface area contributed by atoms with Gasteiger partial charge >= 0.3 is 0 Å². The third-order valence-corrected chi connectivity index (χ3v) is 4.32. The smallest absolute Gasteiger partial charge is 0.133 e. The zero-order valence-corrected chi connectivity index (χ0v) is 14.4. The van der Waals surface area contributed by atoms with Crippen molar-refractivity contribution in [2.24, 2.45) is 7.05 Å². The Morgan fingerprint density at radius 3 is 2.88 bits per heavy atom. The molecule has 0 aliphatic carbocycles. The number of nitrogens with zero attached hydrogens (tertiary/aromatic N) is 7. The van der Waals surface area contributed by atoms with Gasteiger partial charge in [-0.2, -0.15) is 5.10 Å². The van der Waals surface area contributed by atoms with E-state index in [0.717, 1.165) is 28.4 Å². The first-order chi connectivity index (χ1) is 12.2. The molecule has 4 heterocycles. The molecular formula is C17H19N7O. The van der Waals surface area contributed by atoms with Gasteiger partial charge in [0.25, 0.3) is 0 Å². The van der Waals surface area contributed by atoms with Gasteiger partial charge in [-0.05, 0) is 25.1 Å². The molecule has 0 unspecified atom stereocenters. The maximum atomic E-state index is 5.38. The Balaban J connectivity index is 1.77. The van der Waals surface area contributed by atoms with Gasteiger partial charge in [0.15, 0.2) is 0 Å². The highest BCUT2D eigenvalue weighted by Gasteiger charge is 2.21. The van der Waals surface area contributed by atoms with Crippen LogP contribution in [-0.4, -0.2) is 47.9 Å². The fourth-order valence-corrected chi connectivity index (χ4v) is 3.08. The molecule has 0 saturated carbocycles. The largest absolute Gasteiger partial charge is 0.382 e. The number of fused-ring (bicyclic) bond motifs is 1. The summed E-state index contributed by atoms with van der Waals surface area (Å²) in [4.78, 5) is 4.66. The van der Waals surface area contributed by atoms with Crippen molar-refractivity contribution in [1.29, 1.82) is 0 Å². The Morgan fingerprint density at radius 1 is 1.24 bits per heavy atom. The first-order valence-corrected chi connectivity index (χ1v) is 8.01. The van der Waals surface area contributed by atoms with E-state index in [1.807, 2.05) is 59.7 Å². The van der Waals surface area contributed by atoms with E-state index in [4.69, 9.17) is 4.74 Å². The molecule has 0 amide bonds. The third-order valence-electron chi connectivity index (χ3n) is 4.32. The molecule has 4 aromatic heterocycles. The van der Waals surface area contributed by atoms with Crippen LogP contribution in [-0.2, 0) is 11.8 Å². The summed E-state index contributed by atoms with van der Waals surface area (Å²) < 4.78 is 11.0. The number of aryl methyl sites for hydroxylation is 2. The molecule has 0 aromatic carbocycles. The van der Waals surface area contributed by atoms with E-state index >= 15 is 0 Å². The number of imidazole rings is 1. The first kappa shape index (κ1) is 15.5. The van der Waals surface area contributed by atoms with Crippen LogP contribution in [0.25, 0.3) is 16.9 Å². The highest BCUT2D eigenvalue weighted by molar-refractivity contribution is 5.74. The van der Waals surface area contributed by atoms with Crippen LogP contribution in [0.4, 0.5) is 0 Å². The normalized spacial score (nSPS) is 12.8. The predicted molar refractivity (Wildman–Crippen MR) is 92.2 cm³/mol. The second-order valence-electron chi connectivity index (χ2n) is 5.90. The molecule has 0 N–H and O–H groups in total. The lowest BCUT2D eigenvalue weighted by Crippen LogP contribution is -2.19. The molecule has 4 rings (SSSR count). The van der Waals surface area contributed by atoms with Gasteiger partial charge in [0, 0.05) is 26.6 Å². The third kappa shape index (κ3) is 2.60. The Morgan fingerprint density at radius 2 is 2.12 bits per heavy atom. The van der Waals surface area contributed by atoms with Crippen LogP contribution in [0.1, 0.15) is 17.6 Å². The summed E-state index contributed by atoms with van der Waals surface area (Å²) in [6, 6.07) is 7.87. The number of methoxy groups -OCH3 is 1. The van der Waals surface area contributed by atoms with E-state index in [9.17, 15) is 0 Å². The van der Waals surface area contributed by atoms with E-state index in [1.165, 1.54) is 0 Å². The molecule has 0 fully saturated rings. The molecule has 4 aromatic rings. The second kappa shape index (κ2) is 6.14. The van der Waals surface area contributed by atoms with E-state index in [0.29, 0.717) is 6.61 Å². The number of hydrogen-bond acceptors (Lipinski definition) is 5. The summed E-state index contributed by atoms with van der Waals surface area (Å²) in [6.07, 6.45) is 5.67. The molecule has 128 valence electrons. The van der Waals surface area contributed by atoms with Gasteiger partial charge in [0.1, 0.15) is 23.3 Å². The standard InChI is InChI=1S/C17H19N7O/c1-12-19-17(15-6-4-5-9-23(12)15)13-10-24(21-20-13)16(11-25-3)14-7-8-18-22(14)2/h4-10,16H,11H2,1-3H3/t16-/m1/s1. The molecule has 0 spiro atoms. The summed E-state index contributed by atoms with van der Waals surface area (Å²) in [5.41, 5.74) is 3.57. The highest BCUT2D eigenvalue weighted by Crippen LogP contribution is 2.25. The quantitative estimate of drug-likeness (QED) is 0.556. The molecule has 0 radical (unpaired) electrons. The van der Waals surface area contributed by atoms with Crippen molar-refractivity contribution in [2.45, 2.75) is 13.0 Å². The molecular weight excluding hydrogens is 318 g/mol. The molecule has 1 atom stereocenters. The van der Waals surface area contributed by atoms with Gasteiger partial charge in [-0.15, -0.1) is 5.10 Å². The summed E-state index contributed by atoms with van der Waals surface area (Å²) in [6.45, 7) is 2.45. The maximum Gasteiger partial charge on any atom is 0.133 e. The Hall–Kier alpha value is -3.00. The summed E-state index contributed by atoms with van der Waals surface area (Å²) in [5, 5.41) is 12.9. The number of rotatable bonds is 5. The average molecular weight is 337 g/mol. The van der Waals surface area contributed by atoms with Crippen LogP contribution < -0.4 is 0 Å². The lowest BCUT2D eigenvalue weighted by atomic mass is 10.2. The van der Waals surface area contributed by atoms with Crippen LogP contribution in [0.15, 0.2) is 42.9 Å². The van der Waals surface area contributed by atoms with Gasteiger partial charge in [-0.25, -0.2) is 9.67 Å². The van der Waals surface area contributed by atoms with Crippen molar-refractivity contribution in [3.8, 4) is 11.4 Å². The Labute approximate surface area is 144 Å². The number of hydrogen-bond donors (Lipinski definition) is 0. The molecule has 25 heavy (non-hydrogen) atoms. The average Bonchev–Trinajstić information content (AvgIpc) is 3.33. The van der Waals surface area contributed by atoms with Gasteiger partial charge < -0.3 is 9.14 Å². The van der Waals surface area contributed by atoms with Gasteiger partial charge in [0.05, 0.1) is 24.0 Å². The highest BCUT2D eigenvalue weighted by atomic mass is 16.5. The van der Waals surface area contributed by atoms with Gasteiger partial charge in [0.2, 0.25) is 0 Å². The maximum absolute atomic E-state index is 5.38. The van der Waals surface area contributed by atoms with E-state index in [-0.39, 0.29) is 6.04 Å². The monoisotopic (exact) mass is 337 g/mol. The first-order valence-electron chi connectivity index (χ1n) is 8.01. The molecule has 8 nitrogen and oxygen atoms in total. The van der Waals surface area contributed by atoms with Crippen molar-refractivity contribution in [1.82, 2.24) is 34.2 Å². The molecule has 0 aliphatic rings. The van der Waals surface area contributed by atoms with E-state index in [2.05, 4.69) is 20.4 Å². The van der Waals surface area contributed by atoms with Crippen LogP contribution in [0.3, 0.4) is 0 Å². The summed E-state index contributed by atoms with van der Waals surface area (Å²) >= 11 is 0. The Bertz CT molecular complexity index is 1010. The van der Waals surface area contributed by atoms with Crippen LogP contribution in [0.2, 0.25) is 0 Å². The number of pyridine rings is 1. The van der Waals surface area contributed by atoms with Crippen molar-refractivity contribution in [2.75, 3.05) is 13.7 Å². The summed E-state index contributed by atoms with van der Waals surface area (Å²) in [7, 11) is 3.58. The van der Waals surface area contributed by atoms with Crippen LogP contribution in [0.5, 0.6) is 0 Å². The zero-order chi connectivity index (χ0) is 17.4. The lowest BCUT2D eigenvalue weighted by molar-refractivity contribution is 0.160. The fraction of sp³-hybridized carbons (Fsp3) is 0.294. The Kier molecular flexibility index (Phi) is 3.81. The van der Waals surface area contributed by atoms with Gasteiger partial charge in [-0.1, -0.05) is 11.3 Å². The summed E-state index contributed by atoms with van der Waals surface area (Å²) in [5.74, 6) is 0.917. The van der Waals surface area contributed by atoms with Crippen LogP contribution in [0, 0.1) is 6.92 Å². The molecule has 0 aliphatic heterocycles. The minimum absolute atomic E-state index is 0.103. The molecule has 0 bridgehead atoms. The van der Waals surface area contributed by atoms with Crippen molar-refractivity contribution in [3.05, 3.63) is 54.4 Å². The number of aromatic nitrogens is 7. The second-order valence-corrected chi connectivity index (χ2v) is 5.90. The van der Waals surface area contributed by atoms with E-state index < -0.39 is 0 Å².